The third kappa shape index (κ3) is 8.81. The first kappa shape index (κ1) is 21.3. The molecule has 0 fully saturated rings. The zero-order valence-corrected chi connectivity index (χ0v) is 14.3. The van der Waals surface area contributed by atoms with E-state index in [-0.39, 0.29) is 4.90 Å². The number of halogens is 3. The Kier molecular flexibility index (Phi) is 7.34. The summed E-state index contributed by atoms with van der Waals surface area (Å²) in [7, 11) is -7.94. The Morgan fingerprint density at radius 1 is 1.00 bits per heavy atom. The van der Waals surface area contributed by atoms with Gasteiger partial charge in [-0.05, 0) is 12.1 Å². The summed E-state index contributed by atoms with van der Waals surface area (Å²) in [6.45, 7) is -2.94. The number of sulfonamides is 2. The maximum absolute atomic E-state index is 11.9. The van der Waals surface area contributed by atoms with E-state index in [9.17, 15) is 34.8 Å². The van der Waals surface area contributed by atoms with Gasteiger partial charge < -0.3 is 5.32 Å². The van der Waals surface area contributed by atoms with Crippen LogP contribution in [0.5, 0.6) is 0 Å². The predicted octanol–water partition coefficient (Wildman–Crippen LogP) is -0.437. The summed E-state index contributed by atoms with van der Waals surface area (Å²) in [6.07, 6.45) is -4.61. The molecule has 0 aliphatic rings. The highest BCUT2D eigenvalue weighted by atomic mass is 32.2. The summed E-state index contributed by atoms with van der Waals surface area (Å²) in [4.78, 5) is 11.1. The van der Waals surface area contributed by atoms with Crippen LogP contribution in [0.25, 0.3) is 0 Å². The highest BCUT2D eigenvalue weighted by Gasteiger charge is 2.27. The van der Waals surface area contributed by atoms with Gasteiger partial charge in [-0.3, -0.25) is 4.79 Å². The van der Waals surface area contributed by atoms with Crippen LogP contribution in [0, 0.1) is 0 Å². The molecule has 0 aliphatic heterocycles. The molecule has 0 unspecified atom stereocenters. The predicted molar refractivity (Wildman–Crippen MR) is 82.5 cm³/mol. The average Bonchev–Trinajstić information content (AvgIpc) is 2.51. The maximum Gasteiger partial charge on any atom is 0.405 e. The smallest absolute Gasteiger partial charge is 0.346 e. The van der Waals surface area contributed by atoms with Crippen molar-refractivity contribution >= 4 is 26.0 Å². The van der Waals surface area contributed by atoms with Crippen molar-refractivity contribution in [3.63, 3.8) is 0 Å². The molecule has 1 rings (SSSR count). The first-order chi connectivity index (χ1) is 11.4. The van der Waals surface area contributed by atoms with Crippen LogP contribution < -0.4 is 14.8 Å². The summed E-state index contributed by atoms with van der Waals surface area (Å²) < 4.78 is 86.5. The van der Waals surface area contributed by atoms with Crippen molar-refractivity contribution in [2.45, 2.75) is 11.1 Å². The van der Waals surface area contributed by atoms with Gasteiger partial charge in [0.05, 0.1) is 17.2 Å². The molecular formula is C12H16F3N3O5S2. The number of hydrogen-bond donors (Lipinski definition) is 3. The molecule has 142 valence electrons. The molecule has 0 spiro atoms. The molecule has 1 aromatic carbocycles. The summed E-state index contributed by atoms with van der Waals surface area (Å²) in [5.74, 6) is -1.85. The molecule has 0 bridgehead atoms. The van der Waals surface area contributed by atoms with Crippen molar-refractivity contribution in [2.75, 3.05) is 25.4 Å². The van der Waals surface area contributed by atoms with E-state index in [1.54, 1.807) is 10.8 Å². The quantitative estimate of drug-likeness (QED) is 0.516. The van der Waals surface area contributed by atoms with Gasteiger partial charge in [-0.15, -0.1) is 0 Å². The zero-order valence-electron chi connectivity index (χ0n) is 12.7. The molecule has 0 atom stereocenters. The van der Waals surface area contributed by atoms with E-state index in [1.807, 2.05) is 0 Å². The zero-order chi connectivity index (χ0) is 19.1. The van der Waals surface area contributed by atoms with Gasteiger partial charge in [-0.1, -0.05) is 18.2 Å². The minimum Gasteiger partial charge on any atom is -0.346 e. The molecule has 0 heterocycles. The van der Waals surface area contributed by atoms with E-state index < -0.39 is 57.5 Å². The Bertz CT molecular complexity index is 780. The van der Waals surface area contributed by atoms with Gasteiger partial charge in [-0.2, -0.15) is 13.2 Å². The number of nitrogens with one attached hydrogen (secondary N) is 3. The Morgan fingerprint density at radius 2 is 1.60 bits per heavy atom. The Hall–Kier alpha value is -1.70. The van der Waals surface area contributed by atoms with Crippen molar-refractivity contribution in [1.82, 2.24) is 14.8 Å². The Morgan fingerprint density at radius 3 is 2.16 bits per heavy atom. The highest BCUT2D eigenvalue weighted by molar-refractivity contribution is 7.90. The van der Waals surface area contributed by atoms with Crippen molar-refractivity contribution in [2.24, 2.45) is 0 Å². The van der Waals surface area contributed by atoms with Crippen LogP contribution >= 0.6 is 0 Å². The van der Waals surface area contributed by atoms with Crippen LogP contribution in [-0.2, 0) is 24.8 Å². The molecule has 8 nitrogen and oxygen atoms in total. The van der Waals surface area contributed by atoms with Gasteiger partial charge in [0.25, 0.3) is 0 Å². The first-order valence-corrected chi connectivity index (χ1v) is 9.90. The van der Waals surface area contributed by atoms with E-state index >= 15 is 0 Å². The molecule has 3 N–H and O–H groups in total. The number of rotatable bonds is 9. The van der Waals surface area contributed by atoms with Gasteiger partial charge in [0.2, 0.25) is 26.0 Å². The van der Waals surface area contributed by atoms with Crippen LogP contribution in [0.2, 0.25) is 0 Å². The maximum atomic E-state index is 11.9. The number of carbonyl (C=O) groups excluding carboxylic acids is 1. The monoisotopic (exact) mass is 403 g/mol. The van der Waals surface area contributed by atoms with Crippen LogP contribution in [0.3, 0.4) is 0 Å². The molecule has 0 aliphatic carbocycles. The fourth-order valence-corrected chi connectivity index (χ4v) is 3.55. The minimum atomic E-state index is -4.61. The second kappa shape index (κ2) is 8.60. The first-order valence-electron chi connectivity index (χ1n) is 6.77. The van der Waals surface area contributed by atoms with Gasteiger partial charge in [0.15, 0.2) is 0 Å². The minimum absolute atomic E-state index is 0.0492. The van der Waals surface area contributed by atoms with Crippen LogP contribution in [-0.4, -0.2) is 54.3 Å². The van der Waals surface area contributed by atoms with Crippen molar-refractivity contribution in [3.8, 4) is 0 Å². The SMILES string of the molecule is O=C(CNS(=O)(=O)CCNS(=O)(=O)c1ccccc1)NCC(F)(F)F. The van der Waals surface area contributed by atoms with E-state index in [0.717, 1.165) is 0 Å². The molecule has 0 saturated heterocycles. The largest absolute Gasteiger partial charge is 0.405 e. The van der Waals surface area contributed by atoms with Gasteiger partial charge in [0.1, 0.15) is 6.54 Å². The number of benzene rings is 1. The fraction of sp³-hybridized carbons (Fsp3) is 0.417. The van der Waals surface area contributed by atoms with Gasteiger partial charge >= 0.3 is 6.18 Å². The van der Waals surface area contributed by atoms with E-state index in [2.05, 4.69) is 4.72 Å². The van der Waals surface area contributed by atoms with Crippen LogP contribution in [0.15, 0.2) is 35.2 Å². The highest BCUT2D eigenvalue weighted by Crippen LogP contribution is 2.11. The second-order valence-corrected chi connectivity index (χ2v) is 8.44. The molecule has 13 heteroatoms. The third-order valence-corrected chi connectivity index (χ3v) is 5.46. The number of amides is 1. The fourth-order valence-electron chi connectivity index (χ4n) is 1.50. The molecule has 0 aromatic heterocycles. The van der Waals surface area contributed by atoms with E-state index in [1.165, 1.54) is 29.6 Å². The summed E-state index contributed by atoms with van der Waals surface area (Å²) in [5, 5.41) is 1.49. The lowest BCUT2D eigenvalue weighted by Gasteiger charge is -2.10. The van der Waals surface area contributed by atoms with Gasteiger partial charge in [-0.25, -0.2) is 26.3 Å². The molecular weight excluding hydrogens is 387 g/mol. The number of carbonyl (C=O) groups is 1. The van der Waals surface area contributed by atoms with Crippen molar-refractivity contribution in [3.05, 3.63) is 30.3 Å². The third-order valence-electron chi connectivity index (χ3n) is 2.66. The summed E-state index contributed by atoms with van der Waals surface area (Å²) in [6, 6.07) is 7.23. The summed E-state index contributed by atoms with van der Waals surface area (Å²) >= 11 is 0. The summed E-state index contributed by atoms with van der Waals surface area (Å²) in [5.41, 5.74) is 0. The van der Waals surface area contributed by atoms with Gasteiger partial charge in [0, 0.05) is 6.54 Å². The number of hydrogen-bond acceptors (Lipinski definition) is 5. The molecule has 0 saturated carbocycles. The van der Waals surface area contributed by atoms with Crippen molar-refractivity contribution < 1.29 is 34.8 Å². The second-order valence-electron chi connectivity index (χ2n) is 4.74. The lowest BCUT2D eigenvalue weighted by Crippen LogP contribution is -2.42. The lowest BCUT2D eigenvalue weighted by molar-refractivity contribution is -0.137. The van der Waals surface area contributed by atoms with E-state index in [0.29, 0.717) is 0 Å². The topological polar surface area (TPSA) is 121 Å². The van der Waals surface area contributed by atoms with Crippen LogP contribution in [0.4, 0.5) is 13.2 Å². The average molecular weight is 403 g/mol. The van der Waals surface area contributed by atoms with E-state index in [4.69, 9.17) is 0 Å². The molecule has 25 heavy (non-hydrogen) atoms. The van der Waals surface area contributed by atoms with Crippen molar-refractivity contribution in [1.29, 1.82) is 0 Å². The molecule has 1 amide bonds. The van der Waals surface area contributed by atoms with Crippen LogP contribution in [0.1, 0.15) is 0 Å². The molecule has 0 radical (unpaired) electrons. The normalized spacial score (nSPS) is 12.8. The lowest BCUT2D eigenvalue weighted by atomic mass is 10.4. The Labute approximate surface area is 142 Å². The standard InChI is InChI=1S/C12H16F3N3O5S2/c13-12(14,15)9-16-11(19)8-18-24(20,21)7-6-17-25(22,23)10-4-2-1-3-5-10/h1-5,17-18H,6-9H2,(H,16,19). The molecule has 1 aromatic rings. The number of alkyl halides is 3. The Balaban J connectivity index is 2.42.